The van der Waals surface area contributed by atoms with Crippen molar-refractivity contribution in [3.8, 4) is 0 Å². The van der Waals surface area contributed by atoms with Crippen LogP contribution in [-0.4, -0.2) is 6.21 Å². The van der Waals surface area contributed by atoms with Gasteiger partial charge in [0.05, 0.1) is 22.5 Å². The maximum Gasteiger partial charge on any atom is 0.416 e. The lowest BCUT2D eigenvalue weighted by Crippen LogP contribution is -2.05. The van der Waals surface area contributed by atoms with Crippen LogP contribution in [0.2, 0.25) is 10.0 Å². The molecule has 0 radical (unpaired) electrons. The van der Waals surface area contributed by atoms with Gasteiger partial charge in [-0.3, -0.25) is 5.43 Å². The van der Waals surface area contributed by atoms with E-state index >= 15 is 0 Å². The molecular weight excluding hydrogens is 324 g/mol. The first kappa shape index (κ1) is 15.7. The van der Waals surface area contributed by atoms with Crippen molar-refractivity contribution in [1.82, 2.24) is 0 Å². The summed E-state index contributed by atoms with van der Waals surface area (Å²) < 4.78 is 37.8. The molecule has 0 aliphatic rings. The smallest absolute Gasteiger partial charge is 0.277 e. The number of halogens is 5. The summed E-state index contributed by atoms with van der Waals surface area (Å²) >= 11 is 11.6. The summed E-state index contributed by atoms with van der Waals surface area (Å²) in [6, 6.07) is 9.80. The number of hydrazone groups is 1. The van der Waals surface area contributed by atoms with Crippen molar-refractivity contribution < 1.29 is 13.2 Å². The normalized spacial score (nSPS) is 11.9. The Morgan fingerprint density at radius 3 is 2.29 bits per heavy atom. The summed E-state index contributed by atoms with van der Waals surface area (Å²) in [6.45, 7) is 0. The molecule has 0 bridgehead atoms. The fourth-order valence-corrected chi connectivity index (χ4v) is 1.80. The van der Waals surface area contributed by atoms with Crippen molar-refractivity contribution in [2.75, 3.05) is 5.43 Å². The van der Waals surface area contributed by atoms with E-state index in [-0.39, 0.29) is 10.7 Å². The number of hydrogen-bond acceptors (Lipinski definition) is 2. The molecule has 0 fully saturated rings. The van der Waals surface area contributed by atoms with E-state index in [4.69, 9.17) is 23.2 Å². The molecule has 0 spiro atoms. The van der Waals surface area contributed by atoms with Gasteiger partial charge in [-0.15, -0.1) is 0 Å². The molecule has 0 aliphatic carbocycles. The highest BCUT2D eigenvalue weighted by Crippen LogP contribution is 2.33. The molecule has 0 heterocycles. The SMILES string of the molecule is FC(F)(F)c1ccc(Cl)c(NN=Cc2ccc(Cl)cc2)c1. The van der Waals surface area contributed by atoms with Gasteiger partial charge in [-0.1, -0.05) is 35.3 Å². The summed E-state index contributed by atoms with van der Waals surface area (Å²) in [5, 5.41) is 4.59. The number of nitrogens with one attached hydrogen (secondary N) is 1. The summed E-state index contributed by atoms with van der Waals surface area (Å²) in [7, 11) is 0. The third-order valence-electron chi connectivity index (χ3n) is 2.56. The molecule has 0 unspecified atom stereocenters. The summed E-state index contributed by atoms with van der Waals surface area (Å²) in [4.78, 5) is 0. The first-order valence-corrected chi connectivity index (χ1v) is 6.53. The van der Waals surface area contributed by atoms with E-state index < -0.39 is 11.7 Å². The van der Waals surface area contributed by atoms with Gasteiger partial charge in [-0.05, 0) is 35.9 Å². The predicted octanol–water partition coefficient (Wildman–Crippen LogP) is 5.46. The second-order valence-corrected chi connectivity index (χ2v) is 4.96. The van der Waals surface area contributed by atoms with Gasteiger partial charge in [-0.2, -0.15) is 18.3 Å². The molecule has 0 aromatic heterocycles. The molecule has 7 heteroatoms. The average molecular weight is 333 g/mol. The van der Waals surface area contributed by atoms with Crippen LogP contribution in [0.4, 0.5) is 18.9 Å². The topological polar surface area (TPSA) is 24.4 Å². The quantitative estimate of drug-likeness (QED) is 0.585. The Morgan fingerprint density at radius 1 is 1.00 bits per heavy atom. The molecule has 0 amide bonds. The Kier molecular flexibility index (Phi) is 4.75. The highest BCUT2D eigenvalue weighted by Gasteiger charge is 2.30. The van der Waals surface area contributed by atoms with Crippen molar-refractivity contribution in [3.63, 3.8) is 0 Å². The number of anilines is 1. The first-order chi connectivity index (χ1) is 9.86. The second-order valence-electron chi connectivity index (χ2n) is 4.11. The third kappa shape index (κ3) is 4.37. The van der Waals surface area contributed by atoms with Crippen molar-refractivity contribution in [1.29, 1.82) is 0 Å². The van der Waals surface area contributed by atoms with E-state index in [1.54, 1.807) is 24.3 Å². The van der Waals surface area contributed by atoms with Crippen molar-refractivity contribution in [3.05, 3.63) is 63.6 Å². The van der Waals surface area contributed by atoms with Crippen LogP contribution in [-0.2, 0) is 6.18 Å². The minimum Gasteiger partial charge on any atom is -0.277 e. The van der Waals surface area contributed by atoms with E-state index in [0.717, 1.165) is 17.7 Å². The molecule has 2 rings (SSSR count). The number of rotatable bonds is 3. The van der Waals surface area contributed by atoms with Gasteiger partial charge in [0.15, 0.2) is 0 Å². The van der Waals surface area contributed by atoms with E-state index in [0.29, 0.717) is 5.02 Å². The molecule has 2 aromatic rings. The molecule has 2 nitrogen and oxygen atoms in total. The highest BCUT2D eigenvalue weighted by molar-refractivity contribution is 6.33. The minimum atomic E-state index is -4.43. The molecule has 0 saturated carbocycles. The third-order valence-corrected chi connectivity index (χ3v) is 3.14. The average Bonchev–Trinajstić information content (AvgIpc) is 2.42. The lowest BCUT2D eigenvalue weighted by Gasteiger charge is -2.09. The summed E-state index contributed by atoms with van der Waals surface area (Å²) in [6.07, 6.45) is -2.98. The molecule has 0 aliphatic heterocycles. The van der Waals surface area contributed by atoms with E-state index in [1.165, 1.54) is 12.3 Å². The molecule has 110 valence electrons. The van der Waals surface area contributed by atoms with Crippen LogP contribution >= 0.6 is 23.2 Å². The van der Waals surface area contributed by atoms with E-state index in [1.807, 2.05) is 0 Å². The number of nitrogens with zero attached hydrogens (tertiary/aromatic N) is 1. The van der Waals surface area contributed by atoms with Gasteiger partial charge in [0, 0.05) is 5.02 Å². The lowest BCUT2D eigenvalue weighted by molar-refractivity contribution is -0.137. The van der Waals surface area contributed by atoms with Crippen LogP contribution < -0.4 is 5.43 Å². The molecule has 1 N–H and O–H groups in total. The van der Waals surface area contributed by atoms with Crippen molar-refractivity contribution in [2.45, 2.75) is 6.18 Å². The van der Waals surface area contributed by atoms with Crippen LogP contribution in [0.5, 0.6) is 0 Å². The first-order valence-electron chi connectivity index (χ1n) is 5.77. The fraction of sp³-hybridized carbons (Fsp3) is 0.0714. The standard InChI is InChI=1S/C14H9Cl2F3N2/c15-11-4-1-9(2-5-11)8-20-21-13-7-10(14(17,18)19)3-6-12(13)16/h1-8,21H. The van der Waals surface area contributed by atoms with Crippen LogP contribution in [0, 0.1) is 0 Å². The van der Waals surface area contributed by atoms with Crippen LogP contribution in [0.1, 0.15) is 11.1 Å². The summed E-state index contributed by atoms with van der Waals surface area (Å²) in [5.74, 6) is 0. The van der Waals surface area contributed by atoms with Gasteiger partial charge < -0.3 is 0 Å². The zero-order chi connectivity index (χ0) is 15.5. The Hall–Kier alpha value is -1.72. The molecular formula is C14H9Cl2F3N2. The molecule has 2 aromatic carbocycles. The second kappa shape index (κ2) is 6.37. The largest absolute Gasteiger partial charge is 0.416 e. The number of alkyl halides is 3. The Bertz CT molecular complexity index is 652. The van der Waals surface area contributed by atoms with Gasteiger partial charge >= 0.3 is 6.18 Å². The predicted molar refractivity (Wildman–Crippen MR) is 79.1 cm³/mol. The zero-order valence-corrected chi connectivity index (χ0v) is 12.0. The zero-order valence-electron chi connectivity index (χ0n) is 10.5. The Morgan fingerprint density at radius 2 is 1.67 bits per heavy atom. The van der Waals surface area contributed by atoms with Gasteiger partial charge in [0.2, 0.25) is 0 Å². The van der Waals surface area contributed by atoms with Crippen LogP contribution in [0.3, 0.4) is 0 Å². The van der Waals surface area contributed by atoms with E-state index in [9.17, 15) is 13.2 Å². The number of hydrogen-bond donors (Lipinski definition) is 1. The Labute approximate surface area is 129 Å². The van der Waals surface area contributed by atoms with Crippen LogP contribution in [0.15, 0.2) is 47.6 Å². The molecule has 0 atom stereocenters. The molecule has 0 saturated heterocycles. The van der Waals surface area contributed by atoms with Gasteiger partial charge in [0.25, 0.3) is 0 Å². The fourth-order valence-electron chi connectivity index (χ4n) is 1.51. The highest BCUT2D eigenvalue weighted by atomic mass is 35.5. The minimum absolute atomic E-state index is 0.0803. The Balaban J connectivity index is 2.14. The maximum atomic E-state index is 12.6. The molecule has 21 heavy (non-hydrogen) atoms. The van der Waals surface area contributed by atoms with Gasteiger partial charge in [-0.25, -0.2) is 0 Å². The van der Waals surface area contributed by atoms with Crippen molar-refractivity contribution >= 4 is 35.1 Å². The summed E-state index contributed by atoms with van der Waals surface area (Å²) in [5.41, 5.74) is 2.52. The lowest BCUT2D eigenvalue weighted by atomic mass is 10.2. The van der Waals surface area contributed by atoms with Crippen molar-refractivity contribution in [2.24, 2.45) is 5.10 Å². The van der Waals surface area contributed by atoms with E-state index in [2.05, 4.69) is 10.5 Å². The van der Waals surface area contributed by atoms with Gasteiger partial charge in [0.1, 0.15) is 0 Å². The maximum absolute atomic E-state index is 12.6. The van der Waals surface area contributed by atoms with Crippen LogP contribution in [0.25, 0.3) is 0 Å². The monoisotopic (exact) mass is 332 g/mol. The number of benzene rings is 2.